The zero-order valence-electron chi connectivity index (χ0n) is 10.3. The minimum atomic E-state index is -0.935. The topological polar surface area (TPSA) is 59.2 Å². The standard InChI is InChI=1S/C13H16ClNO3/c1-18-6-5-9-7-15-11(12(16)13(14)17)10(9)8-3-2-4-8/h7-8,15H,2-6H2,1H3. The van der Waals surface area contributed by atoms with Gasteiger partial charge in [0.1, 0.15) is 0 Å². The Morgan fingerprint density at radius 3 is 2.72 bits per heavy atom. The third kappa shape index (κ3) is 2.49. The van der Waals surface area contributed by atoms with Crippen LogP contribution in [-0.2, 0) is 16.0 Å². The maximum absolute atomic E-state index is 11.8. The van der Waals surface area contributed by atoms with Gasteiger partial charge in [0.2, 0.25) is 0 Å². The fourth-order valence-corrected chi connectivity index (χ4v) is 2.44. The van der Waals surface area contributed by atoms with Crippen molar-refractivity contribution in [3.63, 3.8) is 0 Å². The predicted molar refractivity (Wildman–Crippen MR) is 68.2 cm³/mol. The summed E-state index contributed by atoms with van der Waals surface area (Å²) in [6, 6.07) is 0. The van der Waals surface area contributed by atoms with Crippen molar-refractivity contribution in [3.05, 3.63) is 23.0 Å². The second-order valence-electron chi connectivity index (χ2n) is 4.58. The molecule has 0 saturated heterocycles. The van der Waals surface area contributed by atoms with Crippen molar-refractivity contribution in [2.45, 2.75) is 31.6 Å². The molecule has 1 heterocycles. The van der Waals surface area contributed by atoms with Crippen LogP contribution in [-0.4, -0.2) is 29.7 Å². The fraction of sp³-hybridized carbons (Fsp3) is 0.538. The highest BCUT2D eigenvalue weighted by Gasteiger charge is 2.30. The summed E-state index contributed by atoms with van der Waals surface area (Å²) in [6.07, 6.45) is 5.83. The number of Topliss-reactive ketones (excluding diaryl/α,β-unsaturated/α-hetero) is 1. The van der Waals surface area contributed by atoms with E-state index in [1.54, 1.807) is 13.3 Å². The number of halogens is 1. The van der Waals surface area contributed by atoms with Crippen LogP contribution in [0.4, 0.5) is 0 Å². The van der Waals surface area contributed by atoms with Crippen LogP contribution in [0.3, 0.4) is 0 Å². The number of H-pyrrole nitrogens is 1. The van der Waals surface area contributed by atoms with Gasteiger partial charge in [-0.3, -0.25) is 9.59 Å². The molecule has 0 aliphatic heterocycles. The lowest BCUT2D eigenvalue weighted by Gasteiger charge is -2.27. The van der Waals surface area contributed by atoms with Gasteiger partial charge in [0, 0.05) is 13.3 Å². The zero-order chi connectivity index (χ0) is 13.1. The molecule has 1 fully saturated rings. The minimum Gasteiger partial charge on any atom is -0.384 e. The van der Waals surface area contributed by atoms with Gasteiger partial charge >= 0.3 is 0 Å². The van der Waals surface area contributed by atoms with E-state index < -0.39 is 11.0 Å². The molecule has 0 spiro atoms. The van der Waals surface area contributed by atoms with Crippen molar-refractivity contribution < 1.29 is 14.3 Å². The number of methoxy groups -OCH3 is 1. The van der Waals surface area contributed by atoms with Gasteiger partial charge in [-0.1, -0.05) is 6.42 Å². The molecule has 1 N–H and O–H groups in total. The number of nitrogens with one attached hydrogen (secondary N) is 1. The summed E-state index contributed by atoms with van der Waals surface area (Å²) < 4.78 is 5.06. The highest BCUT2D eigenvalue weighted by Crippen LogP contribution is 2.40. The first kappa shape index (κ1) is 13.3. The van der Waals surface area contributed by atoms with E-state index in [0.29, 0.717) is 18.2 Å². The third-order valence-electron chi connectivity index (χ3n) is 3.50. The maximum atomic E-state index is 11.8. The van der Waals surface area contributed by atoms with E-state index in [4.69, 9.17) is 16.3 Å². The van der Waals surface area contributed by atoms with Gasteiger partial charge in [-0.2, -0.15) is 0 Å². The number of carbonyl (C=O) groups is 2. The van der Waals surface area contributed by atoms with Crippen LogP contribution in [0, 0.1) is 0 Å². The van der Waals surface area contributed by atoms with Crippen LogP contribution in [0.5, 0.6) is 0 Å². The predicted octanol–water partition coefficient (Wildman–Crippen LogP) is 2.42. The van der Waals surface area contributed by atoms with E-state index in [1.165, 1.54) is 6.42 Å². The Labute approximate surface area is 111 Å². The maximum Gasteiger partial charge on any atom is 0.294 e. The van der Waals surface area contributed by atoms with Gasteiger partial charge in [-0.15, -0.1) is 0 Å². The number of hydrogen-bond donors (Lipinski definition) is 1. The number of rotatable bonds is 6. The van der Waals surface area contributed by atoms with Crippen LogP contribution in [0.1, 0.15) is 46.8 Å². The fourth-order valence-electron chi connectivity index (χ4n) is 2.34. The summed E-state index contributed by atoms with van der Waals surface area (Å²) in [7, 11) is 1.64. The SMILES string of the molecule is COCCc1c[nH]c(C(=O)C(=O)Cl)c1C1CCC1. The number of aromatic amines is 1. The lowest BCUT2D eigenvalue weighted by molar-refractivity contribution is -0.108. The first-order valence-corrected chi connectivity index (χ1v) is 6.46. The van der Waals surface area contributed by atoms with Crippen LogP contribution in [0.15, 0.2) is 6.20 Å². The Hall–Kier alpha value is -1.13. The summed E-state index contributed by atoms with van der Waals surface area (Å²) in [6.45, 7) is 0.597. The largest absolute Gasteiger partial charge is 0.384 e. The Morgan fingerprint density at radius 2 is 2.22 bits per heavy atom. The second-order valence-corrected chi connectivity index (χ2v) is 4.92. The summed E-state index contributed by atoms with van der Waals surface area (Å²) in [5.74, 6) is -0.264. The number of ether oxygens (including phenoxy) is 1. The van der Waals surface area contributed by atoms with Gasteiger partial charge in [0.15, 0.2) is 0 Å². The Bertz CT molecular complexity index is 463. The van der Waals surface area contributed by atoms with Crippen LogP contribution in [0.2, 0.25) is 0 Å². The Balaban J connectivity index is 2.31. The lowest BCUT2D eigenvalue weighted by Crippen LogP contribution is -2.17. The highest BCUT2D eigenvalue weighted by atomic mass is 35.5. The van der Waals surface area contributed by atoms with E-state index in [9.17, 15) is 9.59 Å². The van der Waals surface area contributed by atoms with Gasteiger partial charge in [0.05, 0.1) is 12.3 Å². The average molecular weight is 270 g/mol. The molecule has 1 aliphatic carbocycles. The van der Waals surface area contributed by atoms with Crippen molar-refractivity contribution >= 4 is 22.6 Å². The molecule has 0 radical (unpaired) electrons. The summed E-state index contributed by atoms with van der Waals surface area (Å²) in [5.41, 5.74) is 2.39. The molecular weight excluding hydrogens is 254 g/mol. The molecule has 1 aliphatic rings. The van der Waals surface area contributed by atoms with Gasteiger partial charge < -0.3 is 9.72 Å². The molecule has 0 bridgehead atoms. The monoisotopic (exact) mass is 269 g/mol. The molecular formula is C13H16ClNO3. The lowest BCUT2D eigenvalue weighted by atomic mass is 9.77. The van der Waals surface area contributed by atoms with E-state index in [0.717, 1.165) is 30.4 Å². The van der Waals surface area contributed by atoms with Crippen LogP contribution in [0.25, 0.3) is 0 Å². The molecule has 98 valence electrons. The normalized spacial score (nSPS) is 15.4. The van der Waals surface area contributed by atoms with Crippen LogP contribution >= 0.6 is 11.6 Å². The summed E-state index contributed by atoms with van der Waals surface area (Å²) in [5, 5.41) is -0.935. The molecule has 2 rings (SSSR count). The first-order valence-electron chi connectivity index (χ1n) is 6.08. The molecule has 1 aromatic rings. The van der Waals surface area contributed by atoms with Crippen molar-refractivity contribution in [2.24, 2.45) is 0 Å². The van der Waals surface area contributed by atoms with Gasteiger partial charge in [-0.25, -0.2) is 0 Å². The smallest absolute Gasteiger partial charge is 0.294 e. The second kappa shape index (κ2) is 5.67. The van der Waals surface area contributed by atoms with E-state index >= 15 is 0 Å². The quantitative estimate of drug-likeness (QED) is 0.490. The van der Waals surface area contributed by atoms with Crippen LogP contribution < -0.4 is 0 Å². The summed E-state index contributed by atoms with van der Waals surface area (Å²) >= 11 is 5.28. The highest BCUT2D eigenvalue weighted by molar-refractivity contribution is 6.83. The zero-order valence-corrected chi connectivity index (χ0v) is 11.0. The molecule has 0 unspecified atom stereocenters. The molecule has 0 aromatic carbocycles. The molecule has 1 saturated carbocycles. The van der Waals surface area contributed by atoms with Gasteiger partial charge in [-0.05, 0) is 47.9 Å². The van der Waals surface area contributed by atoms with E-state index in [-0.39, 0.29) is 0 Å². The number of carbonyl (C=O) groups excluding carboxylic acids is 2. The third-order valence-corrected chi connectivity index (χ3v) is 3.67. The molecule has 1 aromatic heterocycles. The number of aromatic nitrogens is 1. The molecule has 18 heavy (non-hydrogen) atoms. The molecule has 4 nitrogen and oxygen atoms in total. The molecule has 0 amide bonds. The van der Waals surface area contributed by atoms with Gasteiger partial charge in [0.25, 0.3) is 11.0 Å². The number of hydrogen-bond acceptors (Lipinski definition) is 3. The van der Waals surface area contributed by atoms with Crippen molar-refractivity contribution in [2.75, 3.05) is 13.7 Å². The van der Waals surface area contributed by atoms with Crippen molar-refractivity contribution in [3.8, 4) is 0 Å². The van der Waals surface area contributed by atoms with Crippen molar-refractivity contribution in [1.82, 2.24) is 4.98 Å². The van der Waals surface area contributed by atoms with Crippen molar-refractivity contribution in [1.29, 1.82) is 0 Å². The average Bonchev–Trinajstić information content (AvgIpc) is 2.67. The van der Waals surface area contributed by atoms with E-state index in [2.05, 4.69) is 4.98 Å². The minimum absolute atomic E-state index is 0.366. The Kier molecular flexibility index (Phi) is 4.19. The number of ketones is 1. The molecule has 5 heteroatoms. The first-order chi connectivity index (χ1) is 8.65. The Morgan fingerprint density at radius 1 is 1.50 bits per heavy atom. The molecule has 0 atom stereocenters. The summed E-state index contributed by atoms with van der Waals surface area (Å²) in [4.78, 5) is 25.7. The van der Waals surface area contributed by atoms with E-state index in [1.807, 2.05) is 0 Å².